The molecule has 2 aromatic carbocycles. The standard InChI is InChI=1S/C22H28F2N2OS/c1-3-5-6-7-11-14-27-21-18(23)16-19(22(20(21)24)28-15-4-2)26-25-17-12-9-8-10-13-17/h8-10,12-13,16H,3-7,11,14-15H2,1-2H3. The van der Waals surface area contributed by atoms with E-state index in [2.05, 4.69) is 17.2 Å². The lowest BCUT2D eigenvalue weighted by Crippen LogP contribution is -2.03. The Hall–Kier alpha value is -1.95. The first-order valence-electron chi connectivity index (χ1n) is 9.91. The Labute approximate surface area is 170 Å². The summed E-state index contributed by atoms with van der Waals surface area (Å²) in [7, 11) is 0. The summed E-state index contributed by atoms with van der Waals surface area (Å²) in [6.45, 7) is 4.46. The fourth-order valence-electron chi connectivity index (χ4n) is 2.61. The van der Waals surface area contributed by atoms with Crippen LogP contribution in [0.2, 0.25) is 0 Å². The second-order valence-corrected chi connectivity index (χ2v) is 7.60. The number of azo groups is 1. The summed E-state index contributed by atoms with van der Waals surface area (Å²) >= 11 is 1.31. The zero-order valence-electron chi connectivity index (χ0n) is 16.6. The number of halogens is 2. The van der Waals surface area contributed by atoms with E-state index in [1.165, 1.54) is 24.2 Å². The van der Waals surface area contributed by atoms with Crippen LogP contribution in [0, 0.1) is 11.6 Å². The molecule has 0 bridgehead atoms. The Bertz CT molecular complexity index is 754. The van der Waals surface area contributed by atoms with Crippen LogP contribution < -0.4 is 4.74 Å². The van der Waals surface area contributed by atoms with Crippen LogP contribution in [0.3, 0.4) is 0 Å². The van der Waals surface area contributed by atoms with Crippen molar-refractivity contribution in [3.8, 4) is 5.75 Å². The number of unbranched alkanes of at least 4 members (excludes halogenated alkanes) is 4. The van der Waals surface area contributed by atoms with Gasteiger partial charge in [0.1, 0.15) is 5.69 Å². The van der Waals surface area contributed by atoms with Crippen molar-refractivity contribution in [1.82, 2.24) is 0 Å². The maximum absolute atomic E-state index is 15.0. The van der Waals surface area contributed by atoms with Crippen molar-refractivity contribution >= 4 is 23.1 Å². The van der Waals surface area contributed by atoms with Crippen LogP contribution in [0.4, 0.5) is 20.2 Å². The first-order chi connectivity index (χ1) is 13.7. The highest BCUT2D eigenvalue weighted by molar-refractivity contribution is 7.99. The molecule has 0 radical (unpaired) electrons. The van der Waals surface area contributed by atoms with E-state index >= 15 is 0 Å². The highest BCUT2D eigenvalue weighted by Crippen LogP contribution is 2.40. The minimum absolute atomic E-state index is 0.188. The molecular weight excluding hydrogens is 378 g/mol. The maximum Gasteiger partial charge on any atom is 0.192 e. The number of hydrogen-bond donors (Lipinski definition) is 0. The van der Waals surface area contributed by atoms with Crippen molar-refractivity contribution in [2.45, 2.75) is 57.3 Å². The van der Waals surface area contributed by atoms with Crippen molar-refractivity contribution in [3.63, 3.8) is 0 Å². The first-order valence-corrected chi connectivity index (χ1v) is 10.9. The summed E-state index contributed by atoms with van der Waals surface area (Å²) in [5.41, 5.74) is 0.815. The first kappa shape index (κ1) is 22.3. The van der Waals surface area contributed by atoms with Gasteiger partial charge in [-0.05, 0) is 30.7 Å². The van der Waals surface area contributed by atoms with Gasteiger partial charge in [0.15, 0.2) is 17.4 Å². The number of rotatable bonds is 12. The average Bonchev–Trinajstić information content (AvgIpc) is 2.71. The second-order valence-electron chi connectivity index (χ2n) is 6.50. The van der Waals surface area contributed by atoms with Gasteiger partial charge in [0, 0.05) is 6.07 Å². The molecule has 6 heteroatoms. The molecule has 0 saturated carbocycles. The quantitative estimate of drug-likeness (QED) is 0.202. The van der Waals surface area contributed by atoms with Crippen molar-refractivity contribution in [2.24, 2.45) is 10.2 Å². The van der Waals surface area contributed by atoms with Crippen LogP contribution in [0.15, 0.2) is 51.5 Å². The zero-order chi connectivity index (χ0) is 20.2. The molecule has 0 spiro atoms. The van der Waals surface area contributed by atoms with Crippen LogP contribution in [0.5, 0.6) is 5.75 Å². The number of ether oxygens (including phenoxy) is 1. The van der Waals surface area contributed by atoms with E-state index in [1.807, 2.05) is 25.1 Å². The van der Waals surface area contributed by atoms with Crippen LogP contribution in [-0.2, 0) is 0 Å². The zero-order valence-corrected chi connectivity index (χ0v) is 17.4. The highest BCUT2D eigenvalue weighted by atomic mass is 32.2. The molecular formula is C22H28F2N2OS. The minimum Gasteiger partial charge on any atom is -0.488 e. The molecule has 0 aromatic heterocycles. The molecule has 0 fully saturated rings. The smallest absolute Gasteiger partial charge is 0.192 e. The predicted molar refractivity (Wildman–Crippen MR) is 112 cm³/mol. The van der Waals surface area contributed by atoms with Gasteiger partial charge in [-0.25, -0.2) is 8.78 Å². The molecule has 0 amide bonds. The molecule has 0 aliphatic carbocycles. The Balaban J connectivity index is 2.17. The van der Waals surface area contributed by atoms with Gasteiger partial charge in [-0.15, -0.1) is 16.9 Å². The summed E-state index contributed by atoms with van der Waals surface area (Å²) < 4.78 is 34.9. The van der Waals surface area contributed by atoms with E-state index < -0.39 is 11.6 Å². The summed E-state index contributed by atoms with van der Waals surface area (Å²) in [6.07, 6.45) is 6.08. The normalized spacial score (nSPS) is 11.3. The highest BCUT2D eigenvalue weighted by Gasteiger charge is 2.20. The van der Waals surface area contributed by atoms with Gasteiger partial charge in [-0.2, -0.15) is 5.11 Å². The van der Waals surface area contributed by atoms with Gasteiger partial charge in [0.2, 0.25) is 0 Å². The summed E-state index contributed by atoms with van der Waals surface area (Å²) in [5.74, 6) is -1.04. The lowest BCUT2D eigenvalue weighted by atomic mass is 10.2. The molecule has 0 atom stereocenters. The van der Waals surface area contributed by atoms with Crippen molar-refractivity contribution < 1.29 is 13.5 Å². The SMILES string of the molecule is CCCCCCCOc1c(F)cc(N=Nc2ccccc2)c(SCCC)c1F. The summed E-state index contributed by atoms with van der Waals surface area (Å²) in [4.78, 5) is 0.281. The largest absolute Gasteiger partial charge is 0.488 e. The molecule has 0 unspecified atom stereocenters. The lowest BCUT2D eigenvalue weighted by molar-refractivity contribution is 0.273. The van der Waals surface area contributed by atoms with Crippen molar-refractivity contribution in [3.05, 3.63) is 48.0 Å². The van der Waals surface area contributed by atoms with Crippen LogP contribution in [0.1, 0.15) is 52.4 Å². The third-order valence-electron chi connectivity index (χ3n) is 4.09. The van der Waals surface area contributed by atoms with E-state index in [0.29, 0.717) is 18.0 Å². The van der Waals surface area contributed by atoms with E-state index in [1.54, 1.807) is 12.1 Å². The molecule has 152 valence electrons. The fraction of sp³-hybridized carbons (Fsp3) is 0.455. The molecule has 2 aromatic rings. The molecule has 0 saturated heterocycles. The number of benzene rings is 2. The molecule has 2 rings (SSSR count). The summed E-state index contributed by atoms with van der Waals surface area (Å²) in [5, 5.41) is 8.19. The molecule has 0 aliphatic rings. The Kier molecular flexibility index (Phi) is 9.97. The van der Waals surface area contributed by atoms with Gasteiger partial charge >= 0.3 is 0 Å². The van der Waals surface area contributed by atoms with Crippen LogP contribution in [0.25, 0.3) is 0 Å². The third kappa shape index (κ3) is 6.89. The van der Waals surface area contributed by atoms with E-state index in [0.717, 1.165) is 32.1 Å². The van der Waals surface area contributed by atoms with Gasteiger partial charge in [0.25, 0.3) is 0 Å². The van der Waals surface area contributed by atoms with Crippen LogP contribution >= 0.6 is 11.8 Å². The number of hydrogen-bond acceptors (Lipinski definition) is 4. The average molecular weight is 407 g/mol. The van der Waals surface area contributed by atoms with Crippen molar-refractivity contribution in [2.75, 3.05) is 12.4 Å². The fourth-order valence-corrected chi connectivity index (χ4v) is 3.48. The molecule has 0 N–H and O–H groups in total. The summed E-state index contributed by atoms with van der Waals surface area (Å²) in [6, 6.07) is 10.3. The topological polar surface area (TPSA) is 34.0 Å². The van der Waals surface area contributed by atoms with E-state index in [9.17, 15) is 8.78 Å². The van der Waals surface area contributed by atoms with Gasteiger partial charge < -0.3 is 4.74 Å². The lowest BCUT2D eigenvalue weighted by Gasteiger charge is -2.13. The molecule has 3 nitrogen and oxygen atoms in total. The number of thioether (sulfide) groups is 1. The second kappa shape index (κ2) is 12.5. The van der Waals surface area contributed by atoms with Crippen LogP contribution in [-0.4, -0.2) is 12.4 Å². The van der Waals surface area contributed by atoms with Gasteiger partial charge in [-0.1, -0.05) is 57.7 Å². The predicted octanol–water partition coefficient (Wildman–Crippen LogP) is 8.23. The minimum atomic E-state index is -0.742. The van der Waals surface area contributed by atoms with E-state index in [-0.39, 0.29) is 16.3 Å². The Morgan fingerprint density at radius 3 is 2.39 bits per heavy atom. The molecule has 0 aliphatic heterocycles. The Morgan fingerprint density at radius 2 is 1.68 bits per heavy atom. The maximum atomic E-state index is 15.0. The number of nitrogens with zero attached hydrogens (tertiary/aromatic N) is 2. The van der Waals surface area contributed by atoms with E-state index in [4.69, 9.17) is 4.74 Å². The third-order valence-corrected chi connectivity index (χ3v) is 5.38. The van der Waals surface area contributed by atoms with Crippen molar-refractivity contribution in [1.29, 1.82) is 0 Å². The molecule has 28 heavy (non-hydrogen) atoms. The monoisotopic (exact) mass is 406 g/mol. The van der Waals surface area contributed by atoms with Gasteiger partial charge in [-0.3, -0.25) is 0 Å². The van der Waals surface area contributed by atoms with Gasteiger partial charge in [0.05, 0.1) is 17.2 Å². The Morgan fingerprint density at radius 1 is 0.929 bits per heavy atom. The molecule has 0 heterocycles.